The molecule has 0 aliphatic heterocycles. The summed E-state index contributed by atoms with van der Waals surface area (Å²) in [6, 6.07) is 7.37. The summed E-state index contributed by atoms with van der Waals surface area (Å²) in [6.07, 6.45) is 1.18. The maximum atomic E-state index is 11.9. The van der Waals surface area contributed by atoms with Gasteiger partial charge in [0.15, 0.2) is 0 Å². The van der Waals surface area contributed by atoms with Crippen molar-refractivity contribution in [1.29, 1.82) is 0 Å². The first-order valence-electron chi connectivity index (χ1n) is 5.74. The van der Waals surface area contributed by atoms with Crippen molar-refractivity contribution in [3.05, 3.63) is 34.9 Å². The van der Waals surface area contributed by atoms with E-state index in [1.54, 1.807) is 19.2 Å². The first-order chi connectivity index (χ1) is 8.65. The van der Waals surface area contributed by atoms with Crippen molar-refractivity contribution >= 4 is 33.4 Å². The molecule has 1 aromatic rings. The number of amides is 1. The third-order valence-corrected chi connectivity index (χ3v) is 3.14. The quantitative estimate of drug-likeness (QED) is 0.779. The van der Waals surface area contributed by atoms with E-state index >= 15 is 0 Å². The lowest BCUT2D eigenvalue weighted by Gasteiger charge is -2.16. The molecule has 0 saturated carbocycles. The van der Waals surface area contributed by atoms with Gasteiger partial charge in [-0.25, -0.2) is 0 Å². The molecule has 1 atom stereocenters. The van der Waals surface area contributed by atoms with Crippen LogP contribution in [0.4, 0.5) is 0 Å². The zero-order valence-electron chi connectivity index (χ0n) is 10.3. The van der Waals surface area contributed by atoms with E-state index in [2.05, 4.69) is 21.2 Å². The van der Waals surface area contributed by atoms with Crippen LogP contribution in [0.25, 0.3) is 0 Å². The molecule has 1 rings (SSSR count). The van der Waals surface area contributed by atoms with Crippen molar-refractivity contribution < 1.29 is 9.53 Å². The van der Waals surface area contributed by atoms with Crippen molar-refractivity contribution in [3.63, 3.8) is 0 Å². The third-order valence-electron chi connectivity index (χ3n) is 2.44. The van der Waals surface area contributed by atoms with Crippen molar-refractivity contribution in [2.75, 3.05) is 19.0 Å². The molecule has 0 saturated heterocycles. The van der Waals surface area contributed by atoms with Crippen LogP contribution in [0.1, 0.15) is 12.0 Å². The average Bonchev–Trinajstić information content (AvgIpc) is 2.29. The van der Waals surface area contributed by atoms with E-state index < -0.39 is 0 Å². The highest BCUT2D eigenvalue weighted by atomic mass is 79.9. The molecule has 1 unspecified atom stereocenters. The standard InChI is InChI=1S/C13H17BrClNO2/c1-18-9-12(5-6-14)16-13(17)8-10-3-2-4-11(15)7-10/h2-4,7,12H,5-6,8-9H2,1H3,(H,16,17). The molecule has 100 valence electrons. The molecule has 0 spiro atoms. The maximum Gasteiger partial charge on any atom is 0.224 e. The Bertz CT molecular complexity index is 381. The number of rotatable bonds is 7. The van der Waals surface area contributed by atoms with Crippen LogP contribution in [0.3, 0.4) is 0 Å². The molecule has 1 amide bonds. The highest BCUT2D eigenvalue weighted by Crippen LogP contribution is 2.11. The van der Waals surface area contributed by atoms with E-state index in [0.717, 1.165) is 17.3 Å². The van der Waals surface area contributed by atoms with Crippen LogP contribution in [0.5, 0.6) is 0 Å². The van der Waals surface area contributed by atoms with E-state index in [1.165, 1.54) is 0 Å². The van der Waals surface area contributed by atoms with Crippen molar-refractivity contribution in [2.24, 2.45) is 0 Å². The fourth-order valence-electron chi connectivity index (χ4n) is 1.64. The summed E-state index contributed by atoms with van der Waals surface area (Å²) in [5.41, 5.74) is 0.912. The SMILES string of the molecule is COCC(CCBr)NC(=O)Cc1cccc(Cl)c1. The topological polar surface area (TPSA) is 38.3 Å². The number of methoxy groups -OCH3 is 1. The van der Waals surface area contributed by atoms with Crippen molar-refractivity contribution in [3.8, 4) is 0 Å². The molecular weight excluding hydrogens is 318 g/mol. The molecule has 1 N–H and O–H groups in total. The van der Waals surface area contributed by atoms with Crippen molar-refractivity contribution in [2.45, 2.75) is 18.9 Å². The fraction of sp³-hybridized carbons (Fsp3) is 0.462. The smallest absolute Gasteiger partial charge is 0.224 e. The van der Waals surface area contributed by atoms with Crippen molar-refractivity contribution in [1.82, 2.24) is 5.32 Å². The van der Waals surface area contributed by atoms with E-state index in [4.69, 9.17) is 16.3 Å². The summed E-state index contributed by atoms with van der Waals surface area (Å²) in [5.74, 6) is -0.0136. The van der Waals surface area contributed by atoms with Gasteiger partial charge in [0.25, 0.3) is 0 Å². The van der Waals surface area contributed by atoms with Crippen LogP contribution < -0.4 is 5.32 Å². The number of halogens is 2. The number of nitrogens with one attached hydrogen (secondary N) is 1. The van der Waals surface area contributed by atoms with Gasteiger partial charge in [0, 0.05) is 17.5 Å². The van der Waals surface area contributed by atoms with Gasteiger partial charge in [0.1, 0.15) is 0 Å². The molecule has 0 bridgehead atoms. The number of hydrogen-bond donors (Lipinski definition) is 1. The van der Waals surface area contributed by atoms with Crippen LogP contribution in [-0.4, -0.2) is 31.0 Å². The van der Waals surface area contributed by atoms with Gasteiger partial charge in [0.2, 0.25) is 5.91 Å². The fourth-order valence-corrected chi connectivity index (χ4v) is 2.41. The van der Waals surface area contributed by atoms with E-state index in [-0.39, 0.29) is 11.9 Å². The number of benzene rings is 1. The number of carbonyl (C=O) groups is 1. The van der Waals surface area contributed by atoms with Gasteiger partial charge in [0.05, 0.1) is 19.1 Å². The second kappa shape index (κ2) is 8.51. The third kappa shape index (κ3) is 5.85. The molecule has 5 heteroatoms. The minimum atomic E-state index is -0.0136. The van der Waals surface area contributed by atoms with Crippen LogP contribution in [0.15, 0.2) is 24.3 Å². The number of ether oxygens (including phenoxy) is 1. The van der Waals surface area contributed by atoms with Crippen LogP contribution in [0.2, 0.25) is 5.02 Å². The average molecular weight is 335 g/mol. The van der Waals surface area contributed by atoms with E-state index in [9.17, 15) is 4.79 Å². The van der Waals surface area contributed by atoms with Crippen LogP contribution in [-0.2, 0) is 16.0 Å². The number of hydrogen-bond acceptors (Lipinski definition) is 2. The Hall–Kier alpha value is -0.580. The first kappa shape index (κ1) is 15.5. The van der Waals surface area contributed by atoms with Gasteiger partial charge < -0.3 is 10.1 Å². The van der Waals surface area contributed by atoms with E-state index in [1.807, 2.05) is 12.1 Å². The van der Waals surface area contributed by atoms with Gasteiger partial charge in [-0.1, -0.05) is 39.7 Å². The van der Waals surface area contributed by atoms with E-state index in [0.29, 0.717) is 18.1 Å². The normalized spacial score (nSPS) is 12.2. The highest BCUT2D eigenvalue weighted by molar-refractivity contribution is 9.09. The molecule has 0 fully saturated rings. The Balaban J connectivity index is 2.49. The molecule has 0 aliphatic carbocycles. The number of carbonyl (C=O) groups excluding carboxylic acids is 1. The van der Waals surface area contributed by atoms with Gasteiger partial charge in [-0.05, 0) is 24.1 Å². The molecule has 18 heavy (non-hydrogen) atoms. The zero-order chi connectivity index (χ0) is 13.4. The number of alkyl halides is 1. The Labute approximate surface area is 121 Å². The molecule has 0 aliphatic rings. The molecular formula is C13H17BrClNO2. The Morgan fingerprint density at radius 3 is 2.94 bits per heavy atom. The van der Waals surface area contributed by atoms with Gasteiger partial charge in [-0.15, -0.1) is 0 Å². The molecule has 1 aromatic carbocycles. The Kier molecular flexibility index (Phi) is 7.32. The van der Waals surface area contributed by atoms with Gasteiger partial charge in [-0.2, -0.15) is 0 Å². The lowest BCUT2D eigenvalue weighted by Crippen LogP contribution is -2.39. The zero-order valence-corrected chi connectivity index (χ0v) is 12.6. The molecule has 0 aromatic heterocycles. The molecule has 3 nitrogen and oxygen atoms in total. The van der Waals surface area contributed by atoms with Crippen LogP contribution >= 0.6 is 27.5 Å². The van der Waals surface area contributed by atoms with Gasteiger partial charge in [-0.3, -0.25) is 4.79 Å². The second-order valence-corrected chi connectivity index (χ2v) is 5.23. The minimum Gasteiger partial charge on any atom is -0.383 e. The predicted molar refractivity (Wildman–Crippen MR) is 77.4 cm³/mol. The molecule has 0 radical (unpaired) electrons. The maximum absolute atomic E-state index is 11.9. The Morgan fingerprint density at radius 1 is 1.56 bits per heavy atom. The summed E-state index contributed by atoms with van der Waals surface area (Å²) >= 11 is 9.24. The predicted octanol–water partition coefficient (Wildman–Crippen LogP) is 2.80. The first-order valence-corrected chi connectivity index (χ1v) is 7.24. The summed E-state index contributed by atoms with van der Waals surface area (Å²) < 4.78 is 5.07. The largest absolute Gasteiger partial charge is 0.383 e. The van der Waals surface area contributed by atoms with Gasteiger partial charge >= 0.3 is 0 Å². The minimum absolute atomic E-state index is 0.0136. The summed E-state index contributed by atoms with van der Waals surface area (Å²) in [7, 11) is 1.63. The lowest BCUT2D eigenvalue weighted by atomic mass is 10.1. The monoisotopic (exact) mass is 333 g/mol. The summed E-state index contributed by atoms with van der Waals surface area (Å²) in [5, 5.41) is 4.43. The lowest BCUT2D eigenvalue weighted by molar-refractivity contribution is -0.121. The highest BCUT2D eigenvalue weighted by Gasteiger charge is 2.12. The summed E-state index contributed by atoms with van der Waals surface area (Å²) in [4.78, 5) is 11.9. The summed E-state index contributed by atoms with van der Waals surface area (Å²) in [6.45, 7) is 0.521. The van der Waals surface area contributed by atoms with Crippen LogP contribution in [0, 0.1) is 0 Å². The second-order valence-electron chi connectivity index (χ2n) is 4.00. The molecule has 0 heterocycles. The Morgan fingerprint density at radius 2 is 2.33 bits per heavy atom.